The first-order valence-electron chi connectivity index (χ1n) is 7.77. The number of nitrogens with zero attached hydrogens (tertiary/aromatic N) is 1. The van der Waals surface area contributed by atoms with Crippen molar-refractivity contribution in [3.63, 3.8) is 0 Å². The maximum atomic E-state index is 12.4. The number of aliphatic carboxylic acids is 1. The molecule has 0 saturated carbocycles. The molecule has 12 heteroatoms. The number of alkyl halides is 3. The van der Waals surface area contributed by atoms with Gasteiger partial charge in [0, 0.05) is 32.0 Å². The van der Waals surface area contributed by atoms with E-state index in [4.69, 9.17) is 33.0 Å². The summed E-state index contributed by atoms with van der Waals surface area (Å²) in [5.41, 5.74) is 7.48. The first-order valence-corrected chi connectivity index (χ1v) is 8.15. The predicted molar refractivity (Wildman–Crippen MR) is 90.6 cm³/mol. The molecule has 1 heterocycles. The van der Waals surface area contributed by atoms with Crippen LogP contribution < -0.4 is 26.6 Å². The quantitative estimate of drug-likeness (QED) is 0.243. The van der Waals surface area contributed by atoms with Crippen LogP contribution in [0.4, 0.5) is 18.9 Å². The van der Waals surface area contributed by atoms with Crippen LogP contribution in [-0.4, -0.2) is 36.6 Å². The third-order valence-electron chi connectivity index (χ3n) is 3.83. The molecular formula is C15H18ClF3N4O4. The first kappa shape index (κ1) is 20.8. The molecule has 0 aliphatic carbocycles. The fourth-order valence-corrected chi connectivity index (χ4v) is 2.86. The highest BCUT2D eigenvalue weighted by Crippen LogP contribution is 2.34. The van der Waals surface area contributed by atoms with Crippen molar-refractivity contribution in [3.8, 4) is 5.75 Å². The molecule has 1 aromatic carbocycles. The number of hydrogen-bond donors (Lipinski definition) is 4. The molecule has 2 rings (SSSR count). The van der Waals surface area contributed by atoms with Crippen LogP contribution in [0, 0.1) is 0 Å². The lowest BCUT2D eigenvalue weighted by Crippen LogP contribution is -2.39. The summed E-state index contributed by atoms with van der Waals surface area (Å²) in [7, 11) is 0. The van der Waals surface area contributed by atoms with E-state index in [-0.39, 0.29) is 22.8 Å². The number of hydrazine groups is 1. The van der Waals surface area contributed by atoms with Gasteiger partial charge in [-0.05, 0) is 12.1 Å². The highest BCUT2D eigenvalue weighted by Gasteiger charge is 2.32. The largest absolute Gasteiger partial charge is 0.573 e. The molecule has 8 nitrogen and oxygen atoms in total. The maximum Gasteiger partial charge on any atom is 0.573 e. The second-order valence-electron chi connectivity index (χ2n) is 5.65. The Labute approximate surface area is 157 Å². The fourth-order valence-electron chi connectivity index (χ4n) is 2.62. The Morgan fingerprint density at radius 1 is 1.33 bits per heavy atom. The van der Waals surface area contributed by atoms with E-state index < -0.39 is 18.0 Å². The normalized spacial score (nSPS) is 16.6. The van der Waals surface area contributed by atoms with E-state index in [9.17, 15) is 18.0 Å². The van der Waals surface area contributed by atoms with Crippen LogP contribution >= 0.6 is 11.6 Å². The van der Waals surface area contributed by atoms with Crippen LogP contribution in [0.3, 0.4) is 0 Å². The Morgan fingerprint density at radius 2 is 1.96 bits per heavy atom. The molecule has 1 aromatic rings. The molecule has 6 N–H and O–H groups in total. The molecule has 0 unspecified atom stereocenters. The van der Waals surface area contributed by atoms with E-state index in [2.05, 4.69) is 4.74 Å². The number of hydrogen-bond acceptors (Lipinski definition) is 7. The lowest BCUT2D eigenvalue weighted by Gasteiger charge is -2.34. The Kier molecular flexibility index (Phi) is 6.50. The summed E-state index contributed by atoms with van der Waals surface area (Å²) in [6, 6.07) is 3.67. The summed E-state index contributed by atoms with van der Waals surface area (Å²) < 4.78 is 46.5. The van der Waals surface area contributed by atoms with Gasteiger partial charge >= 0.3 is 12.3 Å². The molecule has 1 aliphatic heterocycles. The second-order valence-corrected chi connectivity index (χ2v) is 6.06. The van der Waals surface area contributed by atoms with Gasteiger partial charge in [-0.15, -0.1) is 13.2 Å². The smallest absolute Gasteiger partial charge is 0.476 e. The van der Waals surface area contributed by atoms with Gasteiger partial charge in [0.2, 0.25) is 5.88 Å². The summed E-state index contributed by atoms with van der Waals surface area (Å²) in [5, 5.41) is 9.21. The molecule has 0 atom stereocenters. The monoisotopic (exact) mass is 410 g/mol. The van der Waals surface area contributed by atoms with Gasteiger partial charge in [0.05, 0.1) is 10.7 Å². The van der Waals surface area contributed by atoms with Crippen molar-refractivity contribution in [3.05, 3.63) is 34.8 Å². The highest BCUT2D eigenvalue weighted by atomic mass is 35.5. The lowest BCUT2D eigenvalue weighted by atomic mass is 10.1. The zero-order chi connectivity index (χ0) is 20.2. The molecule has 0 aromatic heterocycles. The van der Waals surface area contributed by atoms with Gasteiger partial charge in [0.15, 0.2) is 5.70 Å². The topological polar surface area (TPSA) is 123 Å². The van der Waals surface area contributed by atoms with Crippen LogP contribution in [0.5, 0.6) is 5.75 Å². The molecule has 0 amide bonds. The van der Waals surface area contributed by atoms with E-state index in [1.807, 2.05) is 5.43 Å². The molecule has 0 bridgehead atoms. The van der Waals surface area contributed by atoms with E-state index in [0.29, 0.717) is 31.6 Å². The van der Waals surface area contributed by atoms with E-state index in [1.54, 1.807) is 4.90 Å². The number of carbonyl (C=O) groups is 1. The number of rotatable bonds is 6. The third-order valence-corrected chi connectivity index (χ3v) is 4.15. The average Bonchev–Trinajstić information content (AvgIpc) is 2.56. The summed E-state index contributed by atoms with van der Waals surface area (Å²) in [5.74, 6) is 3.02. The number of ether oxygens (including phenoxy) is 2. The predicted octanol–water partition coefficient (Wildman–Crippen LogP) is 1.90. The Balaban J connectivity index is 2.03. The van der Waals surface area contributed by atoms with Crippen LogP contribution in [0.15, 0.2) is 29.8 Å². The van der Waals surface area contributed by atoms with Crippen LogP contribution in [0.25, 0.3) is 0 Å². The Bertz CT molecular complexity index is 722. The number of carboxylic acids is 1. The van der Waals surface area contributed by atoms with E-state index in [1.165, 1.54) is 12.1 Å². The van der Waals surface area contributed by atoms with Crippen molar-refractivity contribution in [2.75, 3.05) is 18.0 Å². The van der Waals surface area contributed by atoms with Crippen molar-refractivity contribution in [2.45, 2.75) is 25.3 Å². The fraction of sp³-hybridized carbons (Fsp3) is 0.400. The number of anilines is 1. The summed E-state index contributed by atoms with van der Waals surface area (Å²) in [6.45, 7) is 0.817. The van der Waals surface area contributed by atoms with Gasteiger partial charge in [-0.25, -0.2) is 4.79 Å². The van der Waals surface area contributed by atoms with Crippen molar-refractivity contribution in [1.82, 2.24) is 5.43 Å². The number of benzene rings is 1. The summed E-state index contributed by atoms with van der Waals surface area (Å²) in [6.07, 6.45) is -4.29. The molecule has 0 radical (unpaired) electrons. The number of nitrogens with one attached hydrogen (secondary N) is 1. The van der Waals surface area contributed by atoms with Crippen LogP contribution in [0.1, 0.15) is 12.8 Å². The van der Waals surface area contributed by atoms with Crippen molar-refractivity contribution >= 4 is 23.3 Å². The zero-order valence-electron chi connectivity index (χ0n) is 13.9. The number of piperidine rings is 1. The van der Waals surface area contributed by atoms with Crippen molar-refractivity contribution in [1.29, 1.82) is 0 Å². The molecule has 1 saturated heterocycles. The molecule has 27 heavy (non-hydrogen) atoms. The minimum absolute atomic E-state index is 0.281. The van der Waals surface area contributed by atoms with Gasteiger partial charge in [-0.1, -0.05) is 11.6 Å². The highest BCUT2D eigenvalue weighted by molar-refractivity contribution is 6.33. The van der Waals surface area contributed by atoms with Gasteiger partial charge in [-0.3, -0.25) is 5.84 Å². The second kappa shape index (κ2) is 8.44. The molecule has 1 aliphatic rings. The van der Waals surface area contributed by atoms with E-state index >= 15 is 0 Å². The van der Waals surface area contributed by atoms with Gasteiger partial charge in [0.25, 0.3) is 0 Å². The maximum absolute atomic E-state index is 12.4. The van der Waals surface area contributed by atoms with Crippen LogP contribution in [0.2, 0.25) is 5.02 Å². The average molecular weight is 411 g/mol. The van der Waals surface area contributed by atoms with Gasteiger partial charge < -0.3 is 30.6 Å². The van der Waals surface area contributed by atoms with Gasteiger partial charge in [0.1, 0.15) is 11.9 Å². The Hall–Kier alpha value is -2.53. The molecule has 150 valence electrons. The van der Waals surface area contributed by atoms with Crippen molar-refractivity contribution in [2.24, 2.45) is 11.6 Å². The number of carboxylic acid groups (broad SMARTS) is 1. The molecule has 1 fully saturated rings. The van der Waals surface area contributed by atoms with Gasteiger partial charge in [-0.2, -0.15) is 0 Å². The number of halogens is 4. The van der Waals surface area contributed by atoms with Crippen LogP contribution in [-0.2, 0) is 9.53 Å². The third kappa shape index (κ3) is 5.73. The minimum atomic E-state index is -4.80. The minimum Gasteiger partial charge on any atom is -0.476 e. The van der Waals surface area contributed by atoms with E-state index in [0.717, 1.165) is 6.07 Å². The summed E-state index contributed by atoms with van der Waals surface area (Å²) in [4.78, 5) is 12.7. The zero-order valence-corrected chi connectivity index (χ0v) is 14.7. The first-order chi connectivity index (χ1) is 12.6. The molecule has 0 spiro atoms. The summed E-state index contributed by atoms with van der Waals surface area (Å²) >= 11 is 6.09. The standard InChI is InChI=1S/C15H18ClF3N4O4/c16-10-2-1-9(27-15(17,18)19)7-11(10)23-5-3-8(4-6-23)26-13(20)12(22-21)14(24)25/h1-2,7-8,22H,3-6,20-21H2,(H,24,25)/b13-12+. The Morgan fingerprint density at radius 3 is 2.48 bits per heavy atom. The number of nitrogens with two attached hydrogens (primary N) is 2. The van der Waals surface area contributed by atoms with Crippen molar-refractivity contribution < 1.29 is 32.5 Å². The molecular weight excluding hydrogens is 393 g/mol. The SMILES string of the molecule is NN/C(C(=O)O)=C(\N)OC1CCN(c2cc(OC(F)(F)F)ccc2Cl)CC1. The lowest BCUT2D eigenvalue weighted by molar-refractivity contribution is -0.274.